The lowest BCUT2D eigenvalue weighted by molar-refractivity contribution is -0.145. The third-order valence-electron chi connectivity index (χ3n) is 3.68. The first-order valence-electron chi connectivity index (χ1n) is 6.48. The predicted octanol–water partition coefficient (Wildman–Crippen LogP) is 1.28. The van der Waals surface area contributed by atoms with Gasteiger partial charge in [0.25, 0.3) is 0 Å². The molecule has 2 rings (SSSR count). The zero-order chi connectivity index (χ0) is 12.3. The van der Waals surface area contributed by atoms with Crippen molar-refractivity contribution >= 4 is 5.97 Å². The van der Waals surface area contributed by atoms with Crippen LogP contribution in [0.1, 0.15) is 33.1 Å². The Morgan fingerprint density at radius 1 is 1.35 bits per heavy atom. The lowest BCUT2D eigenvalue weighted by Crippen LogP contribution is -2.42. The van der Waals surface area contributed by atoms with E-state index in [0.29, 0.717) is 0 Å². The minimum atomic E-state index is -0.156. The van der Waals surface area contributed by atoms with Gasteiger partial charge in [-0.05, 0) is 25.3 Å². The molecule has 1 aliphatic carbocycles. The van der Waals surface area contributed by atoms with Gasteiger partial charge in [0.05, 0.1) is 0 Å². The fourth-order valence-electron chi connectivity index (χ4n) is 2.70. The van der Waals surface area contributed by atoms with Crippen LogP contribution in [-0.4, -0.2) is 43.2 Å². The Labute approximate surface area is 103 Å². The Bertz CT molecular complexity index is 319. The molecule has 1 N–H and O–H groups in total. The van der Waals surface area contributed by atoms with Crippen molar-refractivity contribution in [2.45, 2.75) is 39.2 Å². The average Bonchev–Trinajstić information content (AvgIpc) is 2.77. The highest BCUT2D eigenvalue weighted by Crippen LogP contribution is 2.30. The van der Waals surface area contributed by atoms with Crippen molar-refractivity contribution in [3.05, 3.63) is 11.3 Å². The van der Waals surface area contributed by atoms with E-state index in [2.05, 4.69) is 17.1 Å². The van der Waals surface area contributed by atoms with E-state index in [-0.39, 0.29) is 12.1 Å². The van der Waals surface area contributed by atoms with Crippen molar-refractivity contribution in [2.75, 3.05) is 26.2 Å². The van der Waals surface area contributed by atoms with Crippen molar-refractivity contribution in [1.82, 2.24) is 10.2 Å². The summed E-state index contributed by atoms with van der Waals surface area (Å²) in [7, 11) is 0. The SMILES string of the molecule is CC(=O)OC1CC/C(=C(/C)N2CCNCC2)C1. The molecule has 17 heavy (non-hydrogen) atoms. The Hall–Kier alpha value is -1.03. The second-order valence-electron chi connectivity index (χ2n) is 4.90. The molecule has 1 atom stereocenters. The Morgan fingerprint density at radius 3 is 2.71 bits per heavy atom. The molecule has 0 amide bonds. The first kappa shape index (κ1) is 12.4. The summed E-state index contributed by atoms with van der Waals surface area (Å²) in [4.78, 5) is 13.4. The first-order valence-corrected chi connectivity index (χ1v) is 6.48. The predicted molar refractivity (Wildman–Crippen MR) is 66.5 cm³/mol. The molecule has 0 bridgehead atoms. The molecule has 1 heterocycles. The lowest BCUT2D eigenvalue weighted by atomic mass is 10.1. The monoisotopic (exact) mass is 238 g/mol. The first-order chi connectivity index (χ1) is 8.16. The van der Waals surface area contributed by atoms with Crippen LogP contribution in [0.2, 0.25) is 0 Å². The standard InChI is InChI=1S/C13H22N2O2/c1-10(15-7-5-14-6-8-15)12-3-4-13(9-12)17-11(2)16/h13-14H,3-9H2,1-2H3/b12-10+. The Kier molecular flexibility index (Phi) is 4.05. The van der Waals surface area contributed by atoms with Crippen LogP contribution in [0.4, 0.5) is 0 Å². The fourth-order valence-corrected chi connectivity index (χ4v) is 2.70. The van der Waals surface area contributed by atoms with Gasteiger partial charge >= 0.3 is 5.97 Å². The number of nitrogens with one attached hydrogen (secondary N) is 1. The van der Waals surface area contributed by atoms with E-state index in [1.54, 1.807) is 0 Å². The largest absolute Gasteiger partial charge is 0.462 e. The summed E-state index contributed by atoms with van der Waals surface area (Å²) < 4.78 is 5.27. The number of nitrogens with zero attached hydrogens (tertiary/aromatic N) is 1. The molecule has 96 valence electrons. The van der Waals surface area contributed by atoms with Crippen molar-refractivity contribution < 1.29 is 9.53 Å². The molecule has 0 aromatic heterocycles. The van der Waals surface area contributed by atoms with Gasteiger partial charge in [-0.3, -0.25) is 4.79 Å². The second-order valence-corrected chi connectivity index (χ2v) is 4.90. The maximum Gasteiger partial charge on any atom is 0.302 e. The molecule has 2 aliphatic rings. The maximum atomic E-state index is 10.9. The van der Waals surface area contributed by atoms with Crippen LogP contribution in [0, 0.1) is 0 Å². The van der Waals surface area contributed by atoms with Crippen LogP contribution in [0.5, 0.6) is 0 Å². The highest BCUT2D eigenvalue weighted by Gasteiger charge is 2.25. The van der Waals surface area contributed by atoms with Crippen molar-refractivity contribution in [2.24, 2.45) is 0 Å². The molecule has 2 fully saturated rings. The summed E-state index contributed by atoms with van der Waals surface area (Å²) in [5, 5.41) is 3.36. The van der Waals surface area contributed by atoms with E-state index in [4.69, 9.17) is 4.74 Å². The van der Waals surface area contributed by atoms with Crippen molar-refractivity contribution in [3.8, 4) is 0 Å². The average molecular weight is 238 g/mol. The summed E-state index contributed by atoms with van der Waals surface area (Å²) in [6, 6.07) is 0. The molecule has 0 aromatic carbocycles. The molecule has 0 spiro atoms. The normalized spacial score (nSPS) is 28.1. The number of esters is 1. The van der Waals surface area contributed by atoms with Gasteiger partial charge in [-0.2, -0.15) is 0 Å². The highest BCUT2D eigenvalue weighted by molar-refractivity contribution is 5.66. The van der Waals surface area contributed by atoms with Crippen molar-refractivity contribution in [3.63, 3.8) is 0 Å². The van der Waals surface area contributed by atoms with Gasteiger partial charge in [0.2, 0.25) is 0 Å². The van der Waals surface area contributed by atoms with Crippen LogP contribution >= 0.6 is 0 Å². The summed E-state index contributed by atoms with van der Waals surface area (Å²) in [5.74, 6) is -0.156. The number of carbonyl (C=O) groups excluding carboxylic acids is 1. The second kappa shape index (κ2) is 5.54. The van der Waals surface area contributed by atoms with Gasteiger partial charge in [0, 0.05) is 45.2 Å². The molecule has 0 aromatic rings. The number of carbonyl (C=O) groups is 1. The van der Waals surface area contributed by atoms with Crippen LogP contribution in [0.3, 0.4) is 0 Å². The van der Waals surface area contributed by atoms with Gasteiger partial charge in [-0.1, -0.05) is 0 Å². The maximum absolute atomic E-state index is 10.9. The molecule has 1 saturated carbocycles. The summed E-state index contributed by atoms with van der Waals surface area (Å²) >= 11 is 0. The smallest absolute Gasteiger partial charge is 0.302 e. The minimum Gasteiger partial charge on any atom is -0.462 e. The van der Waals surface area contributed by atoms with E-state index in [9.17, 15) is 4.79 Å². The van der Waals surface area contributed by atoms with Crippen LogP contribution in [0.25, 0.3) is 0 Å². The molecule has 1 saturated heterocycles. The lowest BCUT2D eigenvalue weighted by Gasteiger charge is -2.31. The van der Waals surface area contributed by atoms with Crippen LogP contribution in [0.15, 0.2) is 11.3 Å². The number of ether oxygens (including phenoxy) is 1. The zero-order valence-corrected chi connectivity index (χ0v) is 10.8. The molecule has 1 aliphatic heterocycles. The zero-order valence-electron chi connectivity index (χ0n) is 10.8. The third-order valence-corrected chi connectivity index (χ3v) is 3.68. The number of rotatable bonds is 2. The number of hydrogen-bond donors (Lipinski definition) is 1. The van der Waals surface area contributed by atoms with Gasteiger partial charge in [0.15, 0.2) is 0 Å². The molecule has 1 unspecified atom stereocenters. The minimum absolute atomic E-state index is 0.111. The van der Waals surface area contributed by atoms with E-state index in [1.807, 2.05) is 0 Å². The number of piperazine rings is 1. The highest BCUT2D eigenvalue weighted by atomic mass is 16.5. The summed E-state index contributed by atoms with van der Waals surface area (Å²) in [5.41, 5.74) is 2.87. The Balaban J connectivity index is 1.94. The van der Waals surface area contributed by atoms with Gasteiger partial charge in [0.1, 0.15) is 6.10 Å². The molecular weight excluding hydrogens is 216 g/mol. The molecule has 0 radical (unpaired) electrons. The van der Waals surface area contributed by atoms with Gasteiger partial charge in [-0.15, -0.1) is 0 Å². The quantitative estimate of drug-likeness (QED) is 0.736. The number of allylic oxidation sites excluding steroid dienone is 1. The van der Waals surface area contributed by atoms with Crippen molar-refractivity contribution in [1.29, 1.82) is 0 Å². The molecule has 4 heteroatoms. The van der Waals surface area contributed by atoms with Gasteiger partial charge in [-0.25, -0.2) is 0 Å². The van der Waals surface area contributed by atoms with Gasteiger partial charge < -0.3 is 15.0 Å². The molecule has 4 nitrogen and oxygen atoms in total. The van der Waals surface area contributed by atoms with E-state index < -0.39 is 0 Å². The Morgan fingerprint density at radius 2 is 2.06 bits per heavy atom. The van der Waals surface area contributed by atoms with E-state index in [1.165, 1.54) is 18.2 Å². The molecular formula is C13H22N2O2. The summed E-state index contributed by atoms with van der Waals surface area (Å²) in [6.07, 6.45) is 3.10. The van der Waals surface area contributed by atoms with Crippen LogP contribution < -0.4 is 5.32 Å². The van der Waals surface area contributed by atoms with E-state index >= 15 is 0 Å². The summed E-state index contributed by atoms with van der Waals surface area (Å²) in [6.45, 7) is 8.01. The third kappa shape index (κ3) is 3.22. The van der Waals surface area contributed by atoms with Crippen LogP contribution in [-0.2, 0) is 9.53 Å². The topological polar surface area (TPSA) is 41.6 Å². The van der Waals surface area contributed by atoms with E-state index in [0.717, 1.165) is 45.4 Å². The fraction of sp³-hybridized carbons (Fsp3) is 0.769. The number of hydrogen-bond acceptors (Lipinski definition) is 4.